The summed E-state index contributed by atoms with van der Waals surface area (Å²) >= 11 is 0. The molecule has 1 aliphatic heterocycles. The molecule has 0 aromatic rings. The van der Waals surface area contributed by atoms with E-state index in [4.69, 9.17) is 10.00 Å². The van der Waals surface area contributed by atoms with Gasteiger partial charge in [0.15, 0.2) is 0 Å². The van der Waals surface area contributed by atoms with Gasteiger partial charge in [-0.3, -0.25) is 4.90 Å². The second kappa shape index (κ2) is 6.85. The zero-order valence-electron chi connectivity index (χ0n) is 10.6. The van der Waals surface area contributed by atoms with Crippen LogP contribution in [0.25, 0.3) is 0 Å². The first kappa shape index (κ1) is 13.4. The molecule has 1 unspecified atom stereocenters. The lowest BCUT2D eigenvalue weighted by Crippen LogP contribution is -2.49. The quantitative estimate of drug-likeness (QED) is 0.698. The highest BCUT2D eigenvalue weighted by Crippen LogP contribution is 2.09. The predicted octanol–water partition coefficient (Wildman–Crippen LogP) is 0.941. The van der Waals surface area contributed by atoms with Gasteiger partial charge in [0.2, 0.25) is 0 Å². The van der Waals surface area contributed by atoms with Crippen molar-refractivity contribution in [2.45, 2.75) is 32.4 Å². The number of nitrogens with zero attached hydrogens (tertiary/aromatic N) is 3. The van der Waals surface area contributed by atoms with Crippen molar-refractivity contribution in [2.75, 3.05) is 39.8 Å². The largest absolute Gasteiger partial charge is 0.374 e. The van der Waals surface area contributed by atoms with E-state index in [2.05, 4.69) is 36.8 Å². The second-order valence-corrected chi connectivity index (χ2v) is 4.75. The van der Waals surface area contributed by atoms with Crippen LogP contribution in [-0.2, 0) is 4.74 Å². The fourth-order valence-corrected chi connectivity index (χ4v) is 2.00. The van der Waals surface area contributed by atoms with Gasteiger partial charge in [0.1, 0.15) is 0 Å². The maximum atomic E-state index is 8.52. The number of rotatable bonds is 5. The first-order valence-corrected chi connectivity index (χ1v) is 6.04. The average Bonchev–Trinajstić information content (AvgIpc) is 2.26. The van der Waals surface area contributed by atoms with Crippen LogP contribution in [0.15, 0.2) is 0 Å². The first-order valence-electron chi connectivity index (χ1n) is 6.04. The van der Waals surface area contributed by atoms with Crippen LogP contribution in [0.5, 0.6) is 0 Å². The van der Waals surface area contributed by atoms with Crippen molar-refractivity contribution in [3.63, 3.8) is 0 Å². The molecule has 0 spiro atoms. The topological polar surface area (TPSA) is 39.5 Å². The molecule has 0 bridgehead atoms. The number of hydrogen-bond acceptors (Lipinski definition) is 4. The Morgan fingerprint density at radius 1 is 1.56 bits per heavy atom. The van der Waals surface area contributed by atoms with Crippen LogP contribution >= 0.6 is 0 Å². The molecule has 0 aromatic heterocycles. The van der Waals surface area contributed by atoms with Crippen LogP contribution in [0.2, 0.25) is 0 Å². The van der Waals surface area contributed by atoms with Crippen molar-refractivity contribution in [2.24, 2.45) is 0 Å². The van der Waals surface area contributed by atoms with Gasteiger partial charge in [-0.25, -0.2) is 0 Å². The molecule has 1 rings (SSSR count). The predicted molar refractivity (Wildman–Crippen MR) is 64.2 cm³/mol. The number of ether oxygens (including phenoxy) is 1. The zero-order chi connectivity index (χ0) is 12.0. The minimum absolute atomic E-state index is 0.292. The highest BCUT2D eigenvalue weighted by Gasteiger charge is 2.22. The second-order valence-electron chi connectivity index (χ2n) is 4.75. The summed E-state index contributed by atoms with van der Waals surface area (Å²) in [5, 5.41) is 8.52. The maximum absolute atomic E-state index is 8.52. The molecule has 0 saturated carbocycles. The molecule has 4 heteroatoms. The van der Waals surface area contributed by atoms with Crippen molar-refractivity contribution < 1.29 is 4.74 Å². The third-order valence-electron chi connectivity index (χ3n) is 3.02. The lowest BCUT2D eigenvalue weighted by molar-refractivity contribution is -0.0493. The van der Waals surface area contributed by atoms with E-state index in [9.17, 15) is 0 Å². The minimum atomic E-state index is 0.292. The number of hydrogen-bond donors (Lipinski definition) is 0. The first-order chi connectivity index (χ1) is 7.63. The van der Waals surface area contributed by atoms with Crippen molar-refractivity contribution in [3.05, 3.63) is 0 Å². The summed E-state index contributed by atoms with van der Waals surface area (Å²) in [4.78, 5) is 4.63. The Bertz CT molecular complexity index is 237. The zero-order valence-corrected chi connectivity index (χ0v) is 10.6. The summed E-state index contributed by atoms with van der Waals surface area (Å²) < 4.78 is 5.74. The molecule has 16 heavy (non-hydrogen) atoms. The van der Waals surface area contributed by atoms with Crippen molar-refractivity contribution in [1.82, 2.24) is 9.80 Å². The average molecular weight is 225 g/mol. The van der Waals surface area contributed by atoms with Crippen LogP contribution < -0.4 is 0 Å². The number of likely N-dealkylation sites (N-methyl/N-ethyl adjacent to an activating group) is 1. The van der Waals surface area contributed by atoms with Crippen molar-refractivity contribution in [1.29, 1.82) is 5.26 Å². The van der Waals surface area contributed by atoms with Gasteiger partial charge in [0, 0.05) is 38.6 Å². The number of nitriles is 1. The van der Waals surface area contributed by atoms with Crippen molar-refractivity contribution in [3.8, 4) is 6.07 Å². The third-order valence-corrected chi connectivity index (χ3v) is 3.02. The molecule has 0 aromatic carbocycles. The van der Waals surface area contributed by atoms with E-state index >= 15 is 0 Å². The molecular formula is C12H23N3O. The fourth-order valence-electron chi connectivity index (χ4n) is 2.00. The third kappa shape index (κ3) is 4.48. The van der Waals surface area contributed by atoms with E-state index in [1.165, 1.54) is 0 Å². The molecule has 1 aliphatic rings. The standard InChI is InChI=1S/C12H23N3O/c1-11(2)15-7-8-16-12(10-15)9-14(3)6-4-5-13/h11-12H,4,6-10H2,1-3H3. The molecule has 1 saturated heterocycles. The number of morpholine rings is 1. The Hall–Kier alpha value is -0.630. The summed E-state index contributed by atoms with van der Waals surface area (Å²) in [7, 11) is 2.05. The van der Waals surface area contributed by atoms with Gasteiger partial charge in [-0.15, -0.1) is 0 Å². The Morgan fingerprint density at radius 3 is 2.94 bits per heavy atom. The highest BCUT2D eigenvalue weighted by atomic mass is 16.5. The van der Waals surface area contributed by atoms with Crippen LogP contribution in [0.4, 0.5) is 0 Å². The molecule has 0 N–H and O–H groups in total. The van der Waals surface area contributed by atoms with Gasteiger partial charge in [-0.1, -0.05) is 0 Å². The summed E-state index contributed by atoms with van der Waals surface area (Å²) in [5.41, 5.74) is 0. The van der Waals surface area contributed by atoms with E-state index in [1.54, 1.807) is 0 Å². The smallest absolute Gasteiger partial charge is 0.0829 e. The summed E-state index contributed by atoms with van der Waals surface area (Å²) in [6.07, 6.45) is 0.886. The molecule has 0 amide bonds. The van der Waals surface area contributed by atoms with Crippen LogP contribution in [0.1, 0.15) is 20.3 Å². The van der Waals surface area contributed by atoms with E-state index in [0.29, 0.717) is 18.6 Å². The van der Waals surface area contributed by atoms with E-state index in [0.717, 1.165) is 32.8 Å². The van der Waals surface area contributed by atoms with Crippen LogP contribution in [0.3, 0.4) is 0 Å². The van der Waals surface area contributed by atoms with Gasteiger partial charge >= 0.3 is 0 Å². The molecule has 1 heterocycles. The van der Waals surface area contributed by atoms with Gasteiger partial charge in [-0.05, 0) is 20.9 Å². The van der Waals surface area contributed by atoms with Crippen LogP contribution in [0, 0.1) is 11.3 Å². The minimum Gasteiger partial charge on any atom is -0.374 e. The monoisotopic (exact) mass is 225 g/mol. The normalized spacial score (nSPS) is 22.6. The molecule has 4 nitrogen and oxygen atoms in total. The highest BCUT2D eigenvalue weighted by molar-refractivity contribution is 4.77. The Balaban J connectivity index is 2.28. The molecule has 92 valence electrons. The van der Waals surface area contributed by atoms with Gasteiger partial charge in [0.25, 0.3) is 0 Å². The summed E-state index contributed by atoms with van der Waals surface area (Å²) in [6.45, 7) is 9.08. The Kier molecular flexibility index (Phi) is 5.75. The summed E-state index contributed by atoms with van der Waals surface area (Å²) in [6, 6.07) is 2.76. The molecule has 0 radical (unpaired) electrons. The maximum Gasteiger partial charge on any atom is 0.0829 e. The lowest BCUT2D eigenvalue weighted by Gasteiger charge is -2.36. The van der Waals surface area contributed by atoms with Gasteiger partial charge in [0.05, 0.1) is 18.8 Å². The Morgan fingerprint density at radius 2 is 2.31 bits per heavy atom. The van der Waals surface area contributed by atoms with E-state index in [-0.39, 0.29) is 0 Å². The Labute approximate surface area is 98.8 Å². The summed E-state index contributed by atoms with van der Waals surface area (Å²) in [5.74, 6) is 0. The molecular weight excluding hydrogens is 202 g/mol. The van der Waals surface area contributed by atoms with E-state index < -0.39 is 0 Å². The fraction of sp³-hybridized carbons (Fsp3) is 0.917. The van der Waals surface area contributed by atoms with Crippen LogP contribution in [-0.4, -0.2) is 61.8 Å². The SMILES string of the molecule is CC(C)N1CCOC(CN(C)CCC#N)C1. The lowest BCUT2D eigenvalue weighted by atomic mass is 10.2. The molecule has 1 atom stereocenters. The van der Waals surface area contributed by atoms with Gasteiger partial charge in [-0.2, -0.15) is 5.26 Å². The van der Waals surface area contributed by atoms with Gasteiger partial charge < -0.3 is 9.64 Å². The molecule has 0 aliphatic carbocycles. The van der Waals surface area contributed by atoms with Crippen molar-refractivity contribution >= 4 is 0 Å². The van der Waals surface area contributed by atoms with E-state index in [1.807, 2.05) is 0 Å². The molecule has 1 fully saturated rings.